The molecule has 12 heavy (non-hydrogen) atoms. The highest BCUT2D eigenvalue weighted by Gasteiger charge is 1.97. The maximum atomic E-state index is 5.36. The number of para-hydroxylation sites is 1. The number of rotatable bonds is 2. The molecule has 1 heterocycles. The molecule has 0 aliphatic rings. The first-order valence-corrected chi connectivity index (χ1v) is 4.32. The fraction of sp³-hybridized carbons (Fsp3) is 0. The van der Waals surface area contributed by atoms with Gasteiger partial charge in [0.25, 0.3) is 5.19 Å². The van der Waals surface area contributed by atoms with Gasteiger partial charge in [-0.3, -0.25) is 0 Å². The first-order valence-electron chi connectivity index (χ1n) is 3.44. The Kier molecular flexibility index (Phi) is 2.00. The Labute approximate surface area is 73.7 Å². The second-order valence-corrected chi connectivity index (χ2v) is 2.92. The van der Waals surface area contributed by atoms with Crippen LogP contribution in [0.2, 0.25) is 0 Å². The Hall–Kier alpha value is -1.42. The van der Waals surface area contributed by atoms with Gasteiger partial charge in [-0.2, -0.15) is 0 Å². The normalized spacial score (nSPS) is 9.67. The van der Waals surface area contributed by atoms with Crippen molar-refractivity contribution in [2.75, 3.05) is 0 Å². The van der Waals surface area contributed by atoms with Crippen molar-refractivity contribution in [2.45, 2.75) is 0 Å². The molecule has 0 saturated heterocycles. The van der Waals surface area contributed by atoms with Crippen LogP contribution in [0.25, 0.3) is 0 Å². The summed E-state index contributed by atoms with van der Waals surface area (Å²) in [5, 5.41) is 7.99. The third-order valence-electron chi connectivity index (χ3n) is 1.29. The zero-order chi connectivity index (χ0) is 8.23. The van der Waals surface area contributed by atoms with Crippen LogP contribution < -0.4 is 4.74 Å². The minimum absolute atomic E-state index is 0.571. The molecule has 0 atom stereocenters. The molecule has 0 fully saturated rings. The SMILES string of the molecule is c1ccc(Oc2nncs2)cc1. The Morgan fingerprint density at radius 1 is 1.17 bits per heavy atom. The lowest BCUT2D eigenvalue weighted by Crippen LogP contribution is -1.81. The molecule has 0 aliphatic heterocycles. The van der Waals surface area contributed by atoms with Crippen LogP contribution in [0, 0.1) is 0 Å². The molecule has 1 aromatic heterocycles. The summed E-state index contributed by atoms with van der Waals surface area (Å²) in [5.74, 6) is 0.786. The molecule has 0 radical (unpaired) electrons. The van der Waals surface area contributed by atoms with Gasteiger partial charge in [0.15, 0.2) is 0 Å². The van der Waals surface area contributed by atoms with E-state index in [1.807, 2.05) is 30.3 Å². The van der Waals surface area contributed by atoms with Crippen molar-refractivity contribution >= 4 is 11.3 Å². The minimum Gasteiger partial charge on any atom is -0.430 e. The topological polar surface area (TPSA) is 35.0 Å². The standard InChI is InChI=1S/C8H6N2OS/c1-2-4-7(5-3-1)11-8-10-9-6-12-8/h1-6H. The highest BCUT2D eigenvalue weighted by Crippen LogP contribution is 2.20. The molecule has 3 nitrogen and oxygen atoms in total. The van der Waals surface area contributed by atoms with Gasteiger partial charge in [0.2, 0.25) is 0 Å². The van der Waals surface area contributed by atoms with Crippen molar-refractivity contribution in [3.8, 4) is 10.9 Å². The quantitative estimate of drug-likeness (QED) is 0.707. The van der Waals surface area contributed by atoms with E-state index < -0.39 is 0 Å². The largest absolute Gasteiger partial charge is 0.430 e. The zero-order valence-electron chi connectivity index (χ0n) is 6.18. The third-order valence-corrected chi connectivity index (χ3v) is 1.85. The van der Waals surface area contributed by atoms with Gasteiger partial charge in [-0.25, -0.2) is 0 Å². The summed E-state index contributed by atoms with van der Waals surface area (Å²) in [6.07, 6.45) is 0. The van der Waals surface area contributed by atoms with E-state index in [4.69, 9.17) is 4.74 Å². The fourth-order valence-corrected chi connectivity index (χ4v) is 1.22. The maximum Gasteiger partial charge on any atom is 0.299 e. The molecule has 60 valence electrons. The first-order chi connectivity index (χ1) is 5.95. The molecule has 2 aromatic rings. The van der Waals surface area contributed by atoms with Crippen LogP contribution in [0.4, 0.5) is 0 Å². The molecule has 0 unspecified atom stereocenters. The van der Waals surface area contributed by atoms with E-state index in [2.05, 4.69) is 10.2 Å². The fourth-order valence-electron chi connectivity index (χ4n) is 0.797. The second-order valence-electron chi connectivity index (χ2n) is 2.12. The summed E-state index contributed by atoms with van der Waals surface area (Å²) < 4.78 is 5.36. The summed E-state index contributed by atoms with van der Waals surface area (Å²) in [4.78, 5) is 0. The van der Waals surface area contributed by atoms with Gasteiger partial charge in [0, 0.05) is 0 Å². The van der Waals surface area contributed by atoms with Crippen molar-refractivity contribution in [3.05, 3.63) is 35.8 Å². The van der Waals surface area contributed by atoms with Crippen molar-refractivity contribution in [2.24, 2.45) is 0 Å². The van der Waals surface area contributed by atoms with Crippen LogP contribution in [-0.2, 0) is 0 Å². The molecule has 0 saturated carbocycles. The van der Waals surface area contributed by atoms with E-state index in [-0.39, 0.29) is 0 Å². The van der Waals surface area contributed by atoms with Crippen LogP contribution >= 0.6 is 11.3 Å². The van der Waals surface area contributed by atoms with Crippen molar-refractivity contribution in [3.63, 3.8) is 0 Å². The van der Waals surface area contributed by atoms with E-state index in [0.29, 0.717) is 5.19 Å². The number of nitrogens with zero attached hydrogens (tertiary/aromatic N) is 2. The summed E-state index contributed by atoms with van der Waals surface area (Å²) in [6, 6.07) is 9.52. The molecule has 0 amide bonds. The highest BCUT2D eigenvalue weighted by molar-refractivity contribution is 7.11. The average molecular weight is 178 g/mol. The molecule has 0 N–H and O–H groups in total. The highest BCUT2D eigenvalue weighted by atomic mass is 32.1. The lowest BCUT2D eigenvalue weighted by molar-refractivity contribution is 0.473. The van der Waals surface area contributed by atoms with Crippen LogP contribution in [0.1, 0.15) is 0 Å². The molecule has 4 heteroatoms. The second kappa shape index (κ2) is 3.32. The summed E-state index contributed by atoms with van der Waals surface area (Å²) in [5.41, 5.74) is 1.64. The lowest BCUT2D eigenvalue weighted by atomic mass is 10.3. The Balaban J connectivity index is 2.15. The van der Waals surface area contributed by atoms with Crippen molar-refractivity contribution in [1.82, 2.24) is 10.2 Å². The predicted octanol–water partition coefficient (Wildman–Crippen LogP) is 2.33. The number of ether oxygens (including phenoxy) is 1. The van der Waals surface area contributed by atoms with Gasteiger partial charge in [-0.1, -0.05) is 34.6 Å². The number of hydrogen-bond donors (Lipinski definition) is 0. The van der Waals surface area contributed by atoms with E-state index in [9.17, 15) is 0 Å². The Bertz CT molecular complexity index is 333. The van der Waals surface area contributed by atoms with E-state index >= 15 is 0 Å². The molecule has 0 spiro atoms. The molecule has 0 bridgehead atoms. The first kappa shape index (κ1) is 7.24. The van der Waals surface area contributed by atoms with Gasteiger partial charge >= 0.3 is 0 Å². The molecular formula is C8H6N2OS. The van der Waals surface area contributed by atoms with Crippen LogP contribution in [0.3, 0.4) is 0 Å². The van der Waals surface area contributed by atoms with Crippen molar-refractivity contribution in [1.29, 1.82) is 0 Å². The maximum absolute atomic E-state index is 5.36. The van der Waals surface area contributed by atoms with Gasteiger partial charge in [-0.15, -0.1) is 5.10 Å². The molecule has 0 aliphatic carbocycles. The van der Waals surface area contributed by atoms with Crippen molar-refractivity contribution < 1.29 is 4.74 Å². The average Bonchev–Trinajstić information content (AvgIpc) is 2.59. The van der Waals surface area contributed by atoms with Crippen LogP contribution in [0.15, 0.2) is 35.8 Å². The number of aromatic nitrogens is 2. The zero-order valence-corrected chi connectivity index (χ0v) is 6.99. The minimum atomic E-state index is 0.571. The van der Waals surface area contributed by atoms with Gasteiger partial charge in [-0.05, 0) is 12.1 Å². The van der Waals surface area contributed by atoms with E-state index in [1.54, 1.807) is 5.51 Å². The summed E-state index contributed by atoms with van der Waals surface area (Å²) in [7, 11) is 0. The van der Waals surface area contributed by atoms with Crippen LogP contribution in [-0.4, -0.2) is 10.2 Å². The van der Waals surface area contributed by atoms with Gasteiger partial charge in [0.05, 0.1) is 0 Å². The number of hydrogen-bond acceptors (Lipinski definition) is 4. The third kappa shape index (κ3) is 1.60. The Morgan fingerprint density at radius 3 is 2.67 bits per heavy atom. The number of benzene rings is 1. The summed E-state index contributed by atoms with van der Waals surface area (Å²) in [6.45, 7) is 0. The van der Waals surface area contributed by atoms with Gasteiger partial charge in [0.1, 0.15) is 11.3 Å². The molecule has 1 aromatic carbocycles. The smallest absolute Gasteiger partial charge is 0.299 e. The van der Waals surface area contributed by atoms with Gasteiger partial charge < -0.3 is 4.74 Å². The predicted molar refractivity (Wildman–Crippen MR) is 46.4 cm³/mol. The summed E-state index contributed by atoms with van der Waals surface area (Å²) >= 11 is 1.37. The van der Waals surface area contributed by atoms with Crippen LogP contribution in [0.5, 0.6) is 10.9 Å². The Morgan fingerprint density at radius 2 is 2.00 bits per heavy atom. The molecule has 2 rings (SSSR count). The lowest BCUT2D eigenvalue weighted by Gasteiger charge is -1.97. The molecular weight excluding hydrogens is 172 g/mol. The monoisotopic (exact) mass is 178 g/mol. The van der Waals surface area contributed by atoms with E-state index in [1.165, 1.54) is 11.3 Å². The van der Waals surface area contributed by atoms with E-state index in [0.717, 1.165) is 5.75 Å².